The number of nitrogens with zero attached hydrogens (tertiary/aromatic N) is 4. The molecule has 0 aliphatic carbocycles. The van der Waals surface area contributed by atoms with Crippen LogP contribution in [0.4, 0.5) is 0 Å². The Morgan fingerprint density at radius 2 is 2.29 bits per heavy atom. The number of amides is 2. The molecule has 1 aromatic heterocycles. The summed E-state index contributed by atoms with van der Waals surface area (Å²) in [4.78, 5) is 35.5. The Morgan fingerprint density at radius 3 is 3.00 bits per heavy atom. The topological polar surface area (TPSA) is 75.6 Å². The fourth-order valence-corrected chi connectivity index (χ4v) is 2.67. The number of aromatic nitrogens is 2. The molecule has 112 valence electrons. The molecule has 0 bridgehead atoms. The van der Waals surface area contributed by atoms with Gasteiger partial charge in [0.05, 0.1) is 31.6 Å². The number of ether oxygens (including phenoxy) is 1. The second-order valence-corrected chi connectivity index (χ2v) is 5.25. The Bertz CT molecular complexity index is 522. The fourth-order valence-electron chi connectivity index (χ4n) is 2.67. The van der Waals surface area contributed by atoms with Gasteiger partial charge in [-0.3, -0.25) is 19.6 Å². The molecule has 7 heteroatoms. The van der Waals surface area contributed by atoms with Crippen LogP contribution < -0.4 is 0 Å². The molecule has 3 heterocycles. The van der Waals surface area contributed by atoms with Crippen LogP contribution >= 0.6 is 0 Å². The van der Waals surface area contributed by atoms with Crippen LogP contribution in [0.3, 0.4) is 0 Å². The second kappa shape index (κ2) is 6.17. The standard InChI is InChI=1S/C14H18N4O3/c19-13-2-1-5-17(13)10-14(20)18-6-7-21-12(9-18)11-8-15-3-4-16-11/h3-4,8,12H,1-2,5-7,9-10H2. The number of carbonyl (C=O) groups is 2. The lowest BCUT2D eigenvalue weighted by atomic mass is 10.2. The van der Waals surface area contributed by atoms with E-state index < -0.39 is 0 Å². The summed E-state index contributed by atoms with van der Waals surface area (Å²) in [7, 11) is 0. The second-order valence-electron chi connectivity index (χ2n) is 5.25. The van der Waals surface area contributed by atoms with E-state index in [1.54, 1.807) is 28.4 Å². The summed E-state index contributed by atoms with van der Waals surface area (Å²) >= 11 is 0. The van der Waals surface area contributed by atoms with Crippen molar-refractivity contribution in [1.82, 2.24) is 19.8 Å². The lowest BCUT2D eigenvalue weighted by Crippen LogP contribution is -2.47. The summed E-state index contributed by atoms with van der Waals surface area (Å²) in [6.07, 6.45) is 6.03. The molecule has 1 unspecified atom stereocenters. The molecule has 3 rings (SSSR count). The molecule has 2 saturated heterocycles. The summed E-state index contributed by atoms with van der Waals surface area (Å²) in [5, 5.41) is 0. The minimum Gasteiger partial charge on any atom is -0.368 e. The van der Waals surface area contributed by atoms with Gasteiger partial charge in [0.2, 0.25) is 11.8 Å². The van der Waals surface area contributed by atoms with Crippen LogP contribution in [0.15, 0.2) is 18.6 Å². The Balaban J connectivity index is 1.60. The van der Waals surface area contributed by atoms with Crippen LogP contribution in [-0.2, 0) is 14.3 Å². The van der Waals surface area contributed by atoms with Crippen LogP contribution in [0.5, 0.6) is 0 Å². The number of hydrogen-bond donors (Lipinski definition) is 0. The van der Waals surface area contributed by atoms with Gasteiger partial charge in [0, 0.05) is 31.9 Å². The highest BCUT2D eigenvalue weighted by atomic mass is 16.5. The number of carbonyl (C=O) groups excluding carboxylic acids is 2. The van der Waals surface area contributed by atoms with Gasteiger partial charge in [-0.1, -0.05) is 0 Å². The van der Waals surface area contributed by atoms with Crippen molar-refractivity contribution < 1.29 is 14.3 Å². The molecule has 0 spiro atoms. The van der Waals surface area contributed by atoms with Gasteiger partial charge in [0.15, 0.2) is 0 Å². The summed E-state index contributed by atoms with van der Waals surface area (Å²) < 4.78 is 5.66. The maximum absolute atomic E-state index is 12.3. The minimum absolute atomic E-state index is 0.0255. The SMILES string of the molecule is O=C1CCCN1CC(=O)N1CCOC(c2cnccn2)C1. The monoisotopic (exact) mass is 290 g/mol. The van der Waals surface area contributed by atoms with E-state index in [0.717, 1.165) is 12.1 Å². The average molecular weight is 290 g/mol. The molecule has 2 fully saturated rings. The lowest BCUT2D eigenvalue weighted by Gasteiger charge is -2.33. The highest BCUT2D eigenvalue weighted by molar-refractivity contribution is 5.85. The molecule has 2 amide bonds. The van der Waals surface area contributed by atoms with Crippen molar-refractivity contribution in [3.63, 3.8) is 0 Å². The van der Waals surface area contributed by atoms with Crippen LogP contribution in [-0.4, -0.2) is 64.4 Å². The molecular weight excluding hydrogens is 272 g/mol. The van der Waals surface area contributed by atoms with Crippen LogP contribution in [0.25, 0.3) is 0 Å². The highest BCUT2D eigenvalue weighted by Gasteiger charge is 2.29. The Labute approximate surface area is 122 Å². The average Bonchev–Trinajstić information content (AvgIpc) is 2.93. The molecule has 7 nitrogen and oxygen atoms in total. The summed E-state index contributed by atoms with van der Waals surface area (Å²) in [5.41, 5.74) is 0.729. The van der Waals surface area contributed by atoms with Gasteiger partial charge in [0.1, 0.15) is 6.10 Å². The maximum atomic E-state index is 12.3. The molecule has 1 aromatic rings. The van der Waals surface area contributed by atoms with Gasteiger partial charge in [-0.15, -0.1) is 0 Å². The Kier molecular flexibility index (Phi) is 4.10. The first-order valence-electron chi connectivity index (χ1n) is 7.17. The smallest absolute Gasteiger partial charge is 0.242 e. The molecule has 0 N–H and O–H groups in total. The zero-order chi connectivity index (χ0) is 14.7. The van der Waals surface area contributed by atoms with Gasteiger partial charge in [-0.2, -0.15) is 0 Å². The van der Waals surface area contributed by atoms with Gasteiger partial charge in [-0.25, -0.2) is 0 Å². The zero-order valence-electron chi connectivity index (χ0n) is 11.8. The van der Waals surface area contributed by atoms with E-state index >= 15 is 0 Å². The number of likely N-dealkylation sites (tertiary alicyclic amines) is 1. The third kappa shape index (κ3) is 3.18. The van der Waals surface area contributed by atoms with E-state index in [1.807, 2.05) is 0 Å². The largest absolute Gasteiger partial charge is 0.368 e. The minimum atomic E-state index is -0.245. The van der Waals surface area contributed by atoms with Crippen molar-refractivity contribution in [3.05, 3.63) is 24.3 Å². The van der Waals surface area contributed by atoms with Crippen molar-refractivity contribution in [2.24, 2.45) is 0 Å². The summed E-state index contributed by atoms with van der Waals surface area (Å²) in [6.45, 7) is 2.34. The maximum Gasteiger partial charge on any atom is 0.242 e. The van der Waals surface area contributed by atoms with Gasteiger partial charge >= 0.3 is 0 Å². The van der Waals surface area contributed by atoms with E-state index in [-0.39, 0.29) is 24.5 Å². The first-order valence-corrected chi connectivity index (χ1v) is 7.17. The van der Waals surface area contributed by atoms with Crippen molar-refractivity contribution in [1.29, 1.82) is 0 Å². The predicted octanol–water partition coefficient (Wildman–Crippen LogP) is -0.00110. The first kappa shape index (κ1) is 13.9. The van der Waals surface area contributed by atoms with E-state index in [0.29, 0.717) is 32.7 Å². The molecular formula is C14H18N4O3. The zero-order valence-corrected chi connectivity index (χ0v) is 11.8. The molecule has 0 radical (unpaired) electrons. The van der Waals surface area contributed by atoms with Crippen molar-refractivity contribution in [2.75, 3.05) is 32.8 Å². The number of morpholine rings is 1. The third-order valence-electron chi connectivity index (χ3n) is 3.83. The quantitative estimate of drug-likeness (QED) is 0.783. The predicted molar refractivity (Wildman–Crippen MR) is 73.1 cm³/mol. The normalized spacial score (nSPS) is 22.7. The molecule has 0 aromatic carbocycles. The molecule has 2 aliphatic heterocycles. The van der Waals surface area contributed by atoms with Crippen LogP contribution in [0.2, 0.25) is 0 Å². The molecule has 0 saturated carbocycles. The van der Waals surface area contributed by atoms with Crippen molar-refractivity contribution in [3.8, 4) is 0 Å². The molecule has 1 atom stereocenters. The third-order valence-corrected chi connectivity index (χ3v) is 3.83. The molecule has 2 aliphatic rings. The van der Waals surface area contributed by atoms with Gasteiger partial charge in [-0.05, 0) is 6.42 Å². The number of rotatable bonds is 3. The lowest BCUT2D eigenvalue weighted by molar-refractivity contribution is -0.143. The van der Waals surface area contributed by atoms with Crippen molar-refractivity contribution in [2.45, 2.75) is 18.9 Å². The van der Waals surface area contributed by atoms with Gasteiger partial charge < -0.3 is 14.5 Å². The fraction of sp³-hybridized carbons (Fsp3) is 0.571. The highest BCUT2D eigenvalue weighted by Crippen LogP contribution is 2.20. The van der Waals surface area contributed by atoms with E-state index in [9.17, 15) is 9.59 Å². The summed E-state index contributed by atoms with van der Waals surface area (Å²) in [6, 6.07) is 0. The van der Waals surface area contributed by atoms with Crippen LogP contribution in [0, 0.1) is 0 Å². The van der Waals surface area contributed by atoms with Gasteiger partial charge in [0.25, 0.3) is 0 Å². The number of hydrogen-bond acceptors (Lipinski definition) is 5. The first-order chi connectivity index (χ1) is 10.2. The van der Waals surface area contributed by atoms with E-state index in [4.69, 9.17) is 4.74 Å². The van der Waals surface area contributed by atoms with E-state index in [2.05, 4.69) is 9.97 Å². The van der Waals surface area contributed by atoms with E-state index in [1.165, 1.54) is 0 Å². The van der Waals surface area contributed by atoms with Crippen molar-refractivity contribution >= 4 is 11.8 Å². The Hall–Kier alpha value is -2.02. The Morgan fingerprint density at radius 1 is 1.38 bits per heavy atom. The summed E-state index contributed by atoms with van der Waals surface area (Å²) in [5.74, 6) is 0.0459. The molecule has 21 heavy (non-hydrogen) atoms. The van der Waals surface area contributed by atoms with Crippen LogP contribution in [0.1, 0.15) is 24.6 Å².